The Kier molecular flexibility index (Phi) is 4.27. The van der Waals surface area contributed by atoms with E-state index in [9.17, 15) is 0 Å². The third kappa shape index (κ3) is 3.29. The van der Waals surface area contributed by atoms with Crippen LogP contribution in [0.25, 0.3) is 11.4 Å². The fourth-order valence-corrected chi connectivity index (χ4v) is 5.07. The van der Waals surface area contributed by atoms with Crippen LogP contribution < -0.4 is 9.47 Å². The summed E-state index contributed by atoms with van der Waals surface area (Å²) in [7, 11) is 0. The molecule has 1 aliphatic heterocycles. The molecule has 5 rings (SSSR count). The standard InChI is InChI=1S/C22H26N2O2/c1-3-15-11-17(5-1)25-19-7-9-23-21(13-19)22-14-20(8-10-24-22)26-18-6-2-4-16(15)12-18/h7-10,13-18H,1-6,11-12H2. The number of hydrogen-bond acceptors (Lipinski definition) is 4. The molecule has 0 saturated heterocycles. The topological polar surface area (TPSA) is 44.2 Å². The van der Waals surface area contributed by atoms with Crippen molar-refractivity contribution in [1.82, 2.24) is 9.97 Å². The molecule has 0 spiro atoms. The van der Waals surface area contributed by atoms with Crippen molar-refractivity contribution in [2.24, 2.45) is 11.8 Å². The zero-order chi connectivity index (χ0) is 17.3. The molecule has 0 aromatic carbocycles. The van der Waals surface area contributed by atoms with Crippen molar-refractivity contribution in [3.63, 3.8) is 0 Å². The Labute approximate surface area is 155 Å². The molecule has 0 amide bonds. The SMILES string of the molecule is c1cc2cc(n1)-c1cc(ccn1)OC1CCCC(C1)C1CCCC(C1)O2. The van der Waals surface area contributed by atoms with Gasteiger partial charge in [-0.1, -0.05) is 0 Å². The lowest BCUT2D eigenvalue weighted by atomic mass is 9.72. The maximum Gasteiger partial charge on any atom is 0.123 e. The Morgan fingerprint density at radius 1 is 0.692 bits per heavy atom. The molecule has 4 heteroatoms. The summed E-state index contributed by atoms with van der Waals surface area (Å²) in [5, 5.41) is 0. The van der Waals surface area contributed by atoms with E-state index in [1.165, 1.54) is 38.5 Å². The van der Waals surface area contributed by atoms with Gasteiger partial charge in [-0.05, 0) is 75.3 Å². The average Bonchev–Trinajstić information content (AvgIpc) is 2.68. The molecule has 3 aliphatic rings. The summed E-state index contributed by atoms with van der Waals surface area (Å²) in [6.07, 6.45) is 14.2. The molecule has 4 atom stereocenters. The highest BCUT2D eigenvalue weighted by atomic mass is 16.5. The number of aromatic nitrogens is 2. The van der Waals surface area contributed by atoms with Gasteiger partial charge in [0.15, 0.2) is 0 Å². The van der Waals surface area contributed by atoms with Crippen LogP contribution in [0.1, 0.15) is 51.4 Å². The van der Waals surface area contributed by atoms with Gasteiger partial charge < -0.3 is 9.47 Å². The van der Waals surface area contributed by atoms with Crippen molar-refractivity contribution in [2.45, 2.75) is 63.6 Å². The number of pyridine rings is 2. The minimum absolute atomic E-state index is 0.326. The summed E-state index contributed by atoms with van der Waals surface area (Å²) < 4.78 is 12.8. The first kappa shape index (κ1) is 16.1. The van der Waals surface area contributed by atoms with Crippen LogP contribution in [0.4, 0.5) is 0 Å². The second-order valence-corrected chi connectivity index (χ2v) is 8.09. The third-order valence-electron chi connectivity index (χ3n) is 6.33. The van der Waals surface area contributed by atoms with E-state index >= 15 is 0 Å². The summed E-state index contributed by atoms with van der Waals surface area (Å²) >= 11 is 0. The van der Waals surface area contributed by atoms with Gasteiger partial charge >= 0.3 is 0 Å². The molecule has 2 saturated carbocycles. The molecule has 8 bridgehead atoms. The fraction of sp³-hybridized carbons (Fsp3) is 0.545. The van der Waals surface area contributed by atoms with E-state index in [0.29, 0.717) is 12.2 Å². The quantitative estimate of drug-likeness (QED) is 0.668. The molecular formula is C22H26N2O2. The second kappa shape index (κ2) is 6.90. The summed E-state index contributed by atoms with van der Waals surface area (Å²) in [5.41, 5.74) is 1.69. The fourth-order valence-electron chi connectivity index (χ4n) is 5.07. The van der Waals surface area contributed by atoms with Crippen molar-refractivity contribution in [3.05, 3.63) is 36.7 Å². The number of nitrogens with zero attached hydrogens (tertiary/aromatic N) is 2. The zero-order valence-corrected chi connectivity index (χ0v) is 15.1. The molecule has 2 aromatic rings. The lowest BCUT2D eigenvalue weighted by Gasteiger charge is -2.39. The molecule has 4 unspecified atom stereocenters. The first-order valence-corrected chi connectivity index (χ1v) is 10.1. The maximum atomic E-state index is 6.38. The first-order chi connectivity index (χ1) is 12.8. The van der Waals surface area contributed by atoms with Crippen LogP contribution in [-0.4, -0.2) is 22.2 Å². The molecule has 4 nitrogen and oxygen atoms in total. The number of fused-ring (bicyclic) bond motifs is 10. The van der Waals surface area contributed by atoms with Gasteiger partial charge in [0, 0.05) is 24.5 Å². The highest BCUT2D eigenvalue weighted by Crippen LogP contribution is 2.40. The molecule has 2 aromatic heterocycles. The van der Waals surface area contributed by atoms with Gasteiger partial charge in [-0.25, -0.2) is 0 Å². The van der Waals surface area contributed by atoms with Gasteiger partial charge in [0.25, 0.3) is 0 Å². The van der Waals surface area contributed by atoms with E-state index in [1.54, 1.807) is 0 Å². The van der Waals surface area contributed by atoms with Crippen LogP contribution in [0.2, 0.25) is 0 Å². The lowest BCUT2D eigenvalue weighted by Crippen LogP contribution is -2.34. The average molecular weight is 350 g/mol. The van der Waals surface area contributed by atoms with Crippen molar-refractivity contribution in [1.29, 1.82) is 0 Å². The minimum Gasteiger partial charge on any atom is -0.490 e. The smallest absolute Gasteiger partial charge is 0.123 e. The van der Waals surface area contributed by atoms with Gasteiger partial charge in [0.2, 0.25) is 0 Å². The molecule has 0 radical (unpaired) electrons. The molecule has 2 fully saturated rings. The van der Waals surface area contributed by atoms with E-state index in [0.717, 1.165) is 47.6 Å². The van der Waals surface area contributed by atoms with Crippen molar-refractivity contribution < 1.29 is 9.47 Å². The number of rotatable bonds is 0. The van der Waals surface area contributed by atoms with E-state index < -0.39 is 0 Å². The summed E-state index contributed by atoms with van der Waals surface area (Å²) in [6.45, 7) is 0. The minimum atomic E-state index is 0.326. The zero-order valence-electron chi connectivity index (χ0n) is 15.1. The Balaban J connectivity index is 1.53. The van der Waals surface area contributed by atoms with E-state index in [4.69, 9.17) is 9.47 Å². The van der Waals surface area contributed by atoms with Crippen LogP contribution in [0, 0.1) is 11.8 Å². The van der Waals surface area contributed by atoms with Gasteiger partial charge in [-0.3, -0.25) is 9.97 Å². The Morgan fingerprint density at radius 3 is 1.69 bits per heavy atom. The molecule has 0 N–H and O–H groups in total. The summed E-state index contributed by atoms with van der Waals surface area (Å²) in [4.78, 5) is 8.99. The largest absolute Gasteiger partial charge is 0.490 e. The van der Waals surface area contributed by atoms with Crippen molar-refractivity contribution >= 4 is 0 Å². The van der Waals surface area contributed by atoms with Gasteiger partial charge in [0.05, 0.1) is 23.6 Å². The van der Waals surface area contributed by atoms with Gasteiger partial charge in [-0.2, -0.15) is 0 Å². The highest BCUT2D eigenvalue weighted by molar-refractivity contribution is 5.57. The summed E-state index contributed by atoms with van der Waals surface area (Å²) in [6, 6.07) is 7.97. The van der Waals surface area contributed by atoms with Gasteiger partial charge in [-0.15, -0.1) is 0 Å². The molecule has 3 heterocycles. The summed E-state index contributed by atoms with van der Waals surface area (Å²) in [5.74, 6) is 3.37. The van der Waals surface area contributed by atoms with Crippen LogP contribution in [-0.2, 0) is 0 Å². The van der Waals surface area contributed by atoms with Crippen molar-refractivity contribution in [2.75, 3.05) is 0 Å². The van der Waals surface area contributed by atoms with Crippen molar-refractivity contribution in [3.8, 4) is 22.9 Å². The Hall–Kier alpha value is -2.10. The van der Waals surface area contributed by atoms with E-state index in [1.807, 2.05) is 36.7 Å². The molecular weight excluding hydrogens is 324 g/mol. The van der Waals surface area contributed by atoms with Gasteiger partial charge in [0.1, 0.15) is 11.5 Å². The Bertz CT molecular complexity index is 713. The highest BCUT2D eigenvalue weighted by Gasteiger charge is 2.33. The predicted molar refractivity (Wildman–Crippen MR) is 100 cm³/mol. The monoisotopic (exact) mass is 350 g/mol. The first-order valence-electron chi connectivity index (χ1n) is 10.1. The molecule has 2 aliphatic carbocycles. The molecule has 136 valence electrons. The molecule has 26 heavy (non-hydrogen) atoms. The maximum absolute atomic E-state index is 6.38. The van der Waals surface area contributed by atoms with Crippen LogP contribution in [0.15, 0.2) is 36.7 Å². The third-order valence-corrected chi connectivity index (χ3v) is 6.33. The van der Waals surface area contributed by atoms with Crippen LogP contribution in [0.5, 0.6) is 11.5 Å². The number of ether oxygens (including phenoxy) is 2. The van der Waals surface area contributed by atoms with E-state index in [2.05, 4.69) is 9.97 Å². The van der Waals surface area contributed by atoms with E-state index in [-0.39, 0.29) is 0 Å². The number of hydrogen-bond donors (Lipinski definition) is 0. The van der Waals surface area contributed by atoms with Crippen LogP contribution >= 0.6 is 0 Å². The predicted octanol–water partition coefficient (Wildman–Crippen LogP) is 5.03. The Morgan fingerprint density at radius 2 is 1.19 bits per heavy atom. The van der Waals surface area contributed by atoms with Crippen LogP contribution in [0.3, 0.4) is 0 Å². The lowest BCUT2D eigenvalue weighted by molar-refractivity contribution is 0.0530. The second-order valence-electron chi connectivity index (χ2n) is 8.09. The normalized spacial score (nSPS) is 30.5.